The number of hydrogen-bond donors (Lipinski definition) is 2. The molecule has 3 rings (SSSR count). The number of amides is 2. The highest BCUT2D eigenvalue weighted by atomic mass is 79.9. The fourth-order valence-electron chi connectivity index (χ4n) is 2.16. The fourth-order valence-corrected chi connectivity index (χ4v) is 2.43. The number of pyridine rings is 1. The van der Waals surface area contributed by atoms with Crippen LogP contribution in [0.1, 0.15) is 12.5 Å². The molecular weight excluding hydrogens is 362 g/mol. The number of hydrogen-bond acceptors (Lipinski definition) is 4. The van der Waals surface area contributed by atoms with Crippen LogP contribution in [0, 0.1) is 0 Å². The van der Waals surface area contributed by atoms with Gasteiger partial charge in [0.1, 0.15) is 0 Å². The Morgan fingerprint density at radius 1 is 1.35 bits per heavy atom. The van der Waals surface area contributed by atoms with Crippen LogP contribution in [0.15, 0.2) is 47.1 Å². The molecule has 7 heteroatoms. The largest absolute Gasteiger partial charge is 0.464 e. The van der Waals surface area contributed by atoms with Crippen molar-refractivity contribution in [3.05, 3.63) is 52.6 Å². The van der Waals surface area contributed by atoms with Crippen molar-refractivity contribution < 1.29 is 14.3 Å². The topological polar surface area (TPSA) is 80.3 Å². The van der Waals surface area contributed by atoms with Crippen LogP contribution in [0.5, 0.6) is 5.75 Å². The number of benzene rings is 1. The molecule has 2 amide bonds. The number of fused-ring (bicyclic) bond motifs is 1. The van der Waals surface area contributed by atoms with Crippen molar-refractivity contribution in [1.82, 2.24) is 10.3 Å². The van der Waals surface area contributed by atoms with Gasteiger partial charge in [0.25, 0.3) is 17.4 Å². The van der Waals surface area contributed by atoms with Crippen LogP contribution < -0.4 is 15.4 Å². The van der Waals surface area contributed by atoms with E-state index in [-0.39, 0.29) is 0 Å². The van der Waals surface area contributed by atoms with Gasteiger partial charge in [-0.2, -0.15) is 0 Å². The average molecular weight is 376 g/mol. The van der Waals surface area contributed by atoms with Crippen LogP contribution in [-0.4, -0.2) is 22.4 Å². The molecular formula is C16H14BrN3O3. The Labute approximate surface area is 141 Å². The zero-order valence-corrected chi connectivity index (χ0v) is 13.9. The molecule has 6 nitrogen and oxygen atoms in total. The Hall–Kier alpha value is -2.41. The first kappa shape index (κ1) is 15.5. The molecule has 118 valence electrons. The summed E-state index contributed by atoms with van der Waals surface area (Å²) in [6.45, 7) is 1.74. The number of carbonyl (C=O) groups is 2. The predicted octanol–water partition coefficient (Wildman–Crippen LogP) is 2.25. The summed E-state index contributed by atoms with van der Waals surface area (Å²) in [5.74, 6) is -0.367. The normalized spacial score (nSPS) is 19.3. The highest BCUT2D eigenvalue weighted by molar-refractivity contribution is 9.10. The molecule has 0 aliphatic carbocycles. The molecule has 0 radical (unpaired) electrons. The van der Waals surface area contributed by atoms with Crippen LogP contribution in [0.25, 0.3) is 0 Å². The number of anilines is 1. The zero-order valence-electron chi connectivity index (χ0n) is 12.3. The highest BCUT2D eigenvalue weighted by Gasteiger charge is 2.47. The fraction of sp³-hybridized carbons (Fsp3) is 0.188. The standard InChI is InChI=1S/C16H14BrN3O3/c1-16(14(21)19-9-10-4-6-11(17)7-5-10)15(22)20-13-12(23-16)3-2-8-18-13/h2-8H,9H2,1H3,(H,19,21)(H,18,20,22). The lowest BCUT2D eigenvalue weighted by Gasteiger charge is -2.32. The van der Waals surface area contributed by atoms with Crippen LogP contribution in [0.4, 0.5) is 5.82 Å². The summed E-state index contributed by atoms with van der Waals surface area (Å²) < 4.78 is 6.56. The van der Waals surface area contributed by atoms with Crippen molar-refractivity contribution in [2.24, 2.45) is 0 Å². The molecule has 2 aromatic rings. The van der Waals surface area contributed by atoms with Gasteiger partial charge in [0, 0.05) is 17.2 Å². The van der Waals surface area contributed by atoms with E-state index in [1.807, 2.05) is 24.3 Å². The quantitative estimate of drug-likeness (QED) is 0.806. The summed E-state index contributed by atoms with van der Waals surface area (Å²) in [6.07, 6.45) is 1.54. The van der Waals surface area contributed by atoms with E-state index in [1.165, 1.54) is 6.92 Å². The van der Waals surface area contributed by atoms with E-state index in [1.54, 1.807) is 18.3 Å². The van der Waals surface area contributed by atoms with Gasteiger partial charge in [-0.3, -0.25) is 9.59 Å². The van der Waals surface area contributed by atoms with Crippen molar-refractivity contribution in [3.8, 4) is 5.75 Å². The number of halogens is 1. The number of nitrogens with zero attached hydrogens (tertiary/aromatic N) is 1. The average Bonchev–Trinajstić information content (AvgIpc) is 2.55. The van der Waals surface area contributed by atoms with E-state index in [0.29, 0.717) is 18.1 Å². The highest BCUT2D eigenvalue weighted by Crippen LogP contribution is 2.31. The van der Waals surface area contributed by atoms with E-state index in [0.717, 1.165) is 10.0 Å². The first-order chi connectivity index (χ1) is 11.0. The maximum absolute atomic E-state index is 12.5. The molecule has 1 aliphatic heterocycles. The molecule has 0 spiro atoms. The molecule has 23 heavy (non-hydrogen) atoms. The van der Waals surface area contributed by atoms with Crippen molar-refractivity contribution in [2.75, 3.05) is 5.32 Å². The molecule has 2 heterocycles. The third-order valence-corrected chi connectivity index (χ3v) is 4.08. The summed E-state index contributed by atoms with van der Waals surface area (Å²) in [5.41, 5.74) is -0.714. The smallest absolute Gasteiger partial charge is 0.279 e. The first-order valence-corrected chi connectivity index (χ1v) is 7.76. The van der Waals surface area contributed by atoms with Gasteiger partial charge in [0.05, 0.1) is 0 Å². The van der Waals surface area contributed by atoms with Crippen molar-refractivity contribution in [3.63, 3.8) is 0 Å². The lowest BCUT2D eigenvalue weighted by molar-refractivity contribution is -0.146. The van der Waals surface area contributed by atoms with Crippen LogP contribution in [-0.2, 0) is 16.1 Å². The Balaban J connectivity index is 1.73. The number of ether oxygens (including phenoxy) is 1. The Kier molecular flexibility index (Phi) is 4.04. The van der Waals surface area contributed by atoms with Gasteiger partial charge < -0.3 is 15.4 Å². The van der Waals surface area contributed by atoms with Gasteiger partial charge in [-0.25, -0.2) is 4.98 Å². The Morgan fingerprint density at radius 2 is 2.09 bits per heavy atom. The van der Waals surface area contributed by atoms with Gasteiger partial charge in [-0.05, 0) is 36.8 Å². The first-order valence-electron chi connectivity index (χ1n) is 6.97. The summed E-state index contributed by atoms with van der Waals surface area (Å²) in [7, 11) is 0. The lowest BCUT2D eigenvalue weighted by Crippen LogP contribution is -2.58. The van der Waals surface area contributed by atoms with Gasteiger partial charge in [-0.1, -0.05) is 28.1 Å². The minimum absolute atomic E-state index is 0.304. The Bertz CT molecular complexity index is 763. The van der Waals surface area contributed by atoms with E-state index in [2.05, 4.69) is 31.5 Å². The molecule has 1 aliphatic rings. The van der Waals surface area contributed by atoms with E-state index >= 15 is 0 Å². The maximum atomic E-state index is 12.5. The van der Waals surface area contributed by atoms with Crippen molar-refractivity contribution in [2.45, 2.75) is 19.1 Å². The summed E-state index contributed by atoms with van der Waals surface area (Å²) in [4.78, 5) is 28.7. The summed E-state index contributed by atoms with van der Waals surface area (Å²) >= 11 is 3.35. The molecule has 0 bridgehead atoms. The number of carbonyl (C=O) groups excluding carboxylic acids is 2. The second-order valence-corrected chi connectivity index (χ2v) is 6.16. The SMILES string of the molecule is CC1(C(=O)NCc2ccc(Br)cc2)Oc2cccnc2NC1=O. The minimum Gasteiger partial charge on any atom is -0.464 e. The molecule has 0 saturated carbocycles. The van der Waals surface area contributed by atoms with E-state index < -0.39 is 17.4 Å². The van der Waals surface area contributed by atoms with Crippen molar-refractivity contribution >= 4 is 33.6 Å². The summed E-state index contributed by atoms with van der Waals surface area (Å²) in [5, 5.41) is 5.32. The minimum atomic E-state index is -1.63. The van der Waals surface area contributed by atoms with Crippen LogP contribution in [0.3, 0.4) is 0 Å². The molecule has 1 aromatic heterocycles. The maximum Gasteiger partial charge on any atom is 0.279 e. The van der Waals surface area contributed by atoms with Gasteiger partial charge in [0.2, 0.25) is 0 Å². The number of nitrogens with one attached hydrogen (secondary N) is 2. The number of aromatic nitrogens is 1. The van der Waals surface area contributed by atoms with Crippen molar-refractivity contribution in [1.29, 1.82) is 0 Å². The molecule has 1 atom stereocenters. The molecule has 1 unspecified atom stereocenters. The van der Waals surface area contributed by atoms with E-state index in [9.17, 15) is 9.59 Å². The van der Waals surface area contributed by atoms with E-state index in [4.69, 9.17) is 4.74 Å². The molecule has 2 N–H and O–H groups in total. The van der Waals surface area contributed by atoms with Crippen LogP contribution >= 0.6 is 15.9 Å². The van der Waals surface area contributed by atoms with Gasteiger partial charge >= 0.3 is 0 Å². The third-order valence-electron chi connectivity index (χ3n) is 3.55. The van der Waals surface area contributed by atoms with Gasteiger partial charge in [0.15, 0.2) is 11.6 Å². The third kappa shape index (κ3) is 3.05. The zero-order chi connectivity index (χ0) is 16.4. The second kappa shape index (κ2) is 6.00. The Morgan fingerprint density at radius 3 is 2.83 bits per heavy atom. The summed E-state index contributed by atoms with van der Waals surface area (Å²) in [6, 6.07) is 10.9. The lowest BCUT2D eigenvalue weighted by atomic mass is 10.0. The monoisotopic (exact) mass is 375 g/mol. The number of rotatable bonds is 3. The second-order valence-electron chi connectivity index (χ2n) is 5.25. The molecule has 0 saturated heterocycles. The molecule has 1 aromatic carbocycles. The molecule has 0 fully saturated rings. The van der Waals surface area contributed by atoms with Crippen LogP contribution in [0.2, 0.25) is 0 Å². The van der Waals surface area contributed by atoms with Gasteiger partial charge in [-0.15, -0.1) is 0 Å². The predicted molar refractivity (Wildman–Crippen MR) is 87.9 cm³/mol.